The van der Waals surface area contributed by atoms with E-state index in [1.807, 2.05) is 12.5 Å². The van der Waals surface area contributed by atoms with E-state index in [0.717, 1.165) is 32.2 Å². The molecule has 3 heteroatoms. The Morgan fingerprint density at radius 3 is 3.07 bits per heavy atom. The maximum absolute atomic E-state index is 8.39. The zero-order valence-corrected chi connectivity index (χ0v) is 8.74. The van der Waals surface area contributed by atoms with Crippen molar-refractivity contribution in [3.8, 4) is 6.07 Å². The van der Waals surface area contributed by atoms with E-state index < -0.39 is 0 Å². The van der Waals surface area contributed by atoms with Gasteiger partial charge in [-0.05, 0) is 19.3 Å². The van der Waals surface area contributed by atoms with Crippen molar-refractivity contribution in [2.24, 2.45) is 0 Å². The first-order valence-corrected chi connectivity index (χ1v) is 5.24. The largest absolute Gasteiger partial charge is 0.335 e. The Morgan fingerprint density at radius 2 is 2.36 bits per heavy atom. The van der Waals surface area contributed by atoms with E-state index in [0.29, 0.717) is 6.42 Å². The van der Waals surface area contributed by atoms with Gasteiger partial charge in [0.05, 0.1) is 12.4 Å². The van der Waals surface area contributed by atoms with Gasteiger partial charge in [0, 0.05) is 24.9 Å². The zero-order valence-electron chi connectivity index (χ0n) is 8.74. The second-order valence-corrected chi connectivity index (χ2v) is 3.44. The van der Waals surface area contributed by atoms with Gasteiger partial charge in [-0.2, -0.15) is 5.26 Å². The first-order chi connectivity index (χ1) is 6.88. The van der Waals surface area contributed by atoms with Gasteiger partial charge in [0.2, 0.25) is 0 Å². The highest BCUT2D eigenvalue weighted by Crippen LogP contribution is 2.05. The number of unbranched alkanes of at least 4 members (excludes halogenated alkanes) is 2. The average molecular weight is 191 g/mol. The van der Waals surface area contributed by atoms with Gasteiger partial charge < -0.3 is 4.57 Å². The van der Waals surface area contributed by atoms with E-state index in [1.54, 1.807) is 0 Å². The van der Waals surface area contributed by atoms with Crippen molar-refractivity contribution in [2.75, 3.05) is 0 Å². The lowest BCUT2D eigenvalue weighted by molar-refractivity contribution is 0.592. The van der Waals surface area contributed by atoms with Crippen molar-refractivity contribution in [2.45, 2.75) is 45.6 Å². The zero-order chi connectivity index (χ0) is 10.2. The minimum atomic E-state index is 0.664. The second-order valence-electron chi connectivity index (χ2n) is 3.44. The smallest absolute Gasteiger partial charge is 0.0948 e. The third-order valence-corrected chi connectivity index (χ3v) is 2.24. The molecule has 0 radical (unpaired) electrons. The predicted octanol–water partition coefficient (Wildman–Crippen LogP) is 2.53. The van der Waals surface area contributed by atoms with Crippen LogP contribution in [-0.4, -0.2) is 9.55 Å². The molecule has 76 valence electrons. The Kier molecular flexibility index (Phi) is 4.77. The van der Waals surface area contributed by atoms with Gasteiger partial charge >= 0.3 is 0 Å². The molecule has 0 atom stereocenters. The lowest BCUT2D eigenvalue weighted by atomic mass is 10.2. The van der Waals surface area contributed by atoms with Crippen LogP contribution in [0.5, 0.6) is 0 Å². The van der Waals surface area contributed by atoms with E-state index >= 15 is 0 Å². The van der Waals surface area contributed by atoms with Crippen LogP contribution in [-0.2, 0) is 13.0 Å². The first-order valence-electron chi connectivity index (χ1n) is 5.24. The summed E-state index contributed by atoms with van der Waals surface area (Å²) in [6.45, 7) is 3.17. The van der Waals surface area contributed by atoms with E-state index in [-0.39, 0.29) is 0 Å². The molecule has 0 bridgehead atoms. The SMILES string of the molecule is CCCc1cncn1CCCCC#N. The minimum absolute atomic E-state index is 0.664. The summed E-state index contributed by atoms with van der Waals surface area (Å²) in [7, 11) is 0. The Bertz CT molecular complexity index is 296. The van der Waals surface area contributed by atoms with Crippen molar-refractivity contribution in [3.05, 3.63) is 18.2 Å². The van der Waals surface area contributed by atoms with Crippen molar-refractivity contribution < 1.29 is 0 Å². The third-order valence-electron chi connectivity index (χ3n) is 2.24. The Labute approximate surface area is 85.4 Å². The molecule has 0 fully saturated rings. The monoisotopic (exact) mass is 191 g/mol. The molecule has 0 aromatic carbocycles. The van der Waals surface area contributed by atoms with E-state index in [9.17, 15) is 0 Å². The highest BCUT2D eigenvalue weighted by Gasteiger charge is 1.99. The van der Waals surface area contributed by atoms with Crippen LogP contribution in [0.3, 0.4) is 0 Å². The number of imidazole rings is 1. The topological polar surface area (TPSA) is 41.6 Å². The van der Waals surface area contributed by atoms with Gasteiger partial charge in [-0.3, -0.25) is 0 Å². The molecule has 0 saturated carbocycles. The van der Waals surface area contributed by atoms with Crippen LogP contribution in [0.4, 0.5) is 0 Å². The lowest BCUT2D eigenvalue weighted by Gasteiger charge is -2.05. The number of aromatic nitrogens is 2. The molecule has 1 rings (SSSR count). The molecular weight excluding hydrogens is 174 g/mol. The molecule has 0 N–H and O–H groups in total. The molecule has 0 aliphatic carbocycles. The van der Waals surface area contributed by atoms with Crippen LogP contribution >= 0.6 is 0 Å². The highest BCUT2D eigenvalue weighted by molar-refractivity contribution is 4.98. The number of aryl methyl sites for hydroxylation is 2. The Morgan fingerprint density at radius 1 is 1.50 bits per heavy atom. The molecule has 0 saturated heterocycles. The molecule has 0 amide bonds. The number of nitriles is 1. The highest BCUT2D eigenvalue weighted by atomic mass is 15.0. The number of hydrogen-bond donors (Lipinski definition) is 0. The van der Waals surface area contributed by atoms with Gasteiger partial charge in [-0.25, -0.2) is 4.98 Å². The summed E-state index contributed by atoms with van der Waals surface area (Å²) in [5.41, 5.74) is 1.31. The normalized spacial score (nSPS) is 10.0. The molecule has 1 heterocycles. The lowest BCUT2D eigenvalue weighted by Crippen LogP contribution is -2.01. The van der Waals surface area contributed by atoms with Crippen LogP contribution in [0.2, 0.25) is 0 Å². The van der Waals surface area contributed by atoms with Gasteiger partial charge in [-0.15, -0.1) is 0 Å². The summed E-state index contributed by atoms with van der Waals surface area (Å²) in [5, 5.41) is 8.39. The van der Waals surface area contributed by atoms with Crippen LogP contribution < -0.4 is 0 Å². The van der Waals surface area contributed by atoms with Crippen molar-refractivity contribution in [1.29, 1.82) is 5.26 Å². The number of nitrogens with zero attached hydrogens (tertiary/aromatic N) is 3. The maximum Gasteiger partial charge on any atom is 0.0948 e. The fourth-order valence-corrected chi connectivity index (χ4v) is 1.50. The summed E-state index contributed by atoms with van der Waals surface area (Å²) in [6, 6.07) is 2.16. The van der Waals surface area contributed by atoms with E-state index in [2.05, 4.69) is 22.5 Å². The quantitative estimate of drug-likeness (QED) is 0.648. The van der Waals surface area contributed by atoms with Crippen LogP contribution in [0.25, 0.3) is 0 Å². The maximum atomic E-state index is 8.39. The van der Waals surface area contributed by atoms with Crippen LogP contribution in [0.1, 0.15) is 38.3 Å². The van der Waals surface area contributed by atoms with E-state index in [1.165, 1.54) is 5.69 Å². The fraction of sp³-hybridized carbons (Fsp3) is 0.636. The average Bonchev–Trinajstić information content (AvgIpc) is 2.61. The first kappa shape index (κ1) is 10.8. The van der Waals surface area contributed by atoms with Crippen LogP contribution in [0.15, 0.2) is 12.5 Å². The van der Waals surface area contributed by atoms with Crippen molar-refractivity contribution in [1.82, 2.24) is 9.55 Å². The van der Waals surface area contributed by atoms with Gasteiger partial charge in [0.25, 0.3) is 0 Å². The Balaban J connectivity index is 2.34. The fourth-order valence-electron chi connectivity index (χ4n) is 1.50. The summed E-state index contributed by atoms with van der Waals surface area (Å²) in [6.07, 6.45) is 8.80. The summed E-state index contributed by atoms with van der Waals surface area (Å²) in [5.74, 6) is 0. The molecule has 0 aliphatic rings. The summed E-state index contributed by atoms with van der Waals surface area (Å²) < 4.78 is 2.20. The minimum Gasteiger partial charge on any atom is -0.335 e. The number of rotatable bonds is 6. The van der Waals surface area contributed by atoms with Gasteiger partial charge in [0.15, 0.2) is 0 Å². The van der Waals surface area contributed by atoms with Gasteiger partial charge in [-0.1, -0.05) is 13.3 Å². The molecule has 0 spiro atoms. The molecular formula is C11H17N3. The summed E-state index contributed by atoms with van der Waals surface area (Å²) in [4.78, 5) is 4.14. The van der Waals surface area contributed by atoms with Crippen molar-refractivity contribution >= 4 is 0 Å². The Hall–Kier alpha value is -1.30. The molecule has 0 aliphatic heterocycles. The number of hydrogen-bond acceptors (Lipinski definition) is 2. The third kappa shape index (κ3) is 3.21. The standard InChI is InChI=1S/C11H17N3/c1-2-6-11-9-13-10-14(11)8-5-3-4-7-12/h9-10H,2-6,8H2,1H3. The van der Waals surface area contributed by atoms with Crippen molar-refractivity contribution in [3.63, 3.8) is 0 Å². The molecule has 1 aromatic rings. The molecule has 14 heavy (non-hydrogen) atoms. The van der Waals surface area contributed by atoms with Crippen LogP contribution in [0, 0.1) is 11.3 Å². The summed E-state index contributed by atoms with van der Waals surface area (Å²) >= 11 is 0. The molecule has 0 unspecified atom stereocenters. The molecule has 3 nitrogen and oxygen atoms in total. The second kappa shape index (κ2) is 6.20. The van der Waals surface area contributed by atoms with E-state index in [4.69, 9.17) is 5.26 Å². The molecule has 1 aromatic heterocycles. The predicted molar refractivity (Wildman–Crippen MR) is 55.7 cm³/mol. The van der Waals surface area contributed by atoms with Gasteiger partial charge in [0.1, 0.15) is 0 Å².